The molecule has 0 aliphatic heterocycles. The highest BCUT2D eigenvalue weighted by Crippen LogP contribution is 2.31. The molecule has 20 heavy (non-hydrogen) atoms. The van der Waals surface area contributed by atoms with Crippen LogP contribution in [0.25, 0.3) is 0 Å². The summed E-state index contributed by atoms with van der Waals surface area (Å²) in [6.07, 6.45) is 2.89. The van der Waals surface area contributed by atoms with E-state index in [4.69, 9.17) is 4.74 Å². The second kappa shape index (κ2) is 6.70. The Morgan fingerprint density at radius 3 is 2.70 bits per heavy atom. The Kier molecular flexibility index (Phi) is 5.18. The molecule has 1 aliphatic carbocycles. The molecule has 4 nitrogen and oxygen atoms in total. The molecule has 0 heterocycles. The van der Waals surface area contributed by atoms with Gasteiger partial charge in [0.25, 0.3) is 0 Å². The fourth-order valence-corrected chi connectivity index (χ4v) is 3.32. The summed E-state index contributed by atoms with van der Waals surface area (Å²) in [5, 5.41) is 13.5. The highest BCUT2D eigenvalue weighted by atomic mass is 79.9. The number of ether oxygens (including phenoxy) is 1. The third-order valence-corrected chi connectivity index (χ3v) is 4.65. The third kappa shape index (κ3) is 3.22. The van der Waals surface area contributed by atoms with Gasteiger partial charge in [-0.2, -0.15) is 0 Å². The van der Waals surface area contributed by atoms with Crippen molar-refractivity contribution in [3.05, 3.63) is 34.3 Å². The highest BCUT2D eigenvalue weighted by molar-refractivity contribution is 9.10. The molecular formula is C15H20BrNO3. The van der Waals surface area contributed by atoms with Gasteiger partial charge in [0.2, 0.25) is 0 Å². The number of aliphatic hydroxyl groups is 1. The summed E-state index contributed by atoms with van der Waals surface area (Å²) in [7, 11) is 1.41. The quantitative estimate of drug-likeness (QED) is 0.808. The molecule has 1 aromatic carbocycles. The van der Waals surface area contributed by atoms with Crippen LogP contribution in [0.2, 0.25) is 0 Å². The maximum absolute atomic E-state index is 12.0. The van der Waals surface area contributed by atoms with E-state index in [0.717, 1.165) is 35.7 Å². The molecule has 0 radical (unpaired) electrons. The molecular weight excluding hydrogens is 322 g/mol. The lowest BCUT2D eigenvalue weighted by molar-refractivity contribution is -0.148. The van der Waals surface area contributed by atoms with Crippen molar-refractivity contribution in [2.75, 3.05) is 13.7 Å². The van der Waals surface area contributed by atoms with Crippen LogP contribution in [-0.2, 0) is 9.53 Å². The van der Waals surface area contributed by atoms with Crippen molar-refractivity contribution in [2.45, 2.75) is 37.3 Å². The number of esters is 1. The maximum atomic E-state index is 12.0. The summed E-state index contributed by atoms with van der Waals surface area (Å²) < 4.78 is 5.78. The number of hydrogen-bond acceptors (Lipinski definition) is 4. The molecule has 1 atom stereocenters. The van der Waals surface area contributed by atoms with Crippen molar-refractivity contribution in [2.24, 2.45) is 0 Å². The number of rotatable bonds is 5. The van der Waals surface area contributed by atoms with Crippen LogP contribution >= 0.6 is 15.9 Å². The first-order valence-corrected chi connectivity index (χ1v) is 7.64. The van der Waals surface area contributed by atoms with E-state index < -0.39 is 11.6 Å². The topological polar surface area (TPSA) is 58.6 Å². The Morgan fingerprint density at radius 2 is 2.10 bits per heavy atom. The molecule has 1 aliphatic rings. The van der Waals surface area contributed by atoms with E-state index >= 15 is 0 Å². The number of nitrogens with one attached hydrogen (secondary N) is 1. The standard InChI is InChI=1S/C15H20BrNO3/c1-20-14(19)15(8-4-5-9-15)17-10-13(18)11-6-2-3-7-12(11)16/h2-3,6-7,13,17-18H,4-5,8-10H2,1H3. The largest absolute Gasteiger partial charge is 0.468 e. The van der Waals surface area contributed by atoms with Gasteiger partial charge in [0, 0.05) is 11.0 Å². The molecule has 2 rings (SSSR count). The fraction of sp³-hybridized carbons (Fsp3) is 0.533. The first-order chi connectivity index (χ1) is 9.59. The second-order valence-corrected chi connectivity index (χ2v) is 6.05. The normalized spacial score (nSPS) is 18.8. The van der Waals surface area contributed by atoms with E-state index in [1.165, 1.54) is 7.11 Å². The fourth-order valence-electron chi connectivity index (χ4n) is 2.77. The summed E-state index contributed by atoms with van der Waals surface area (Å²) in [6, 6.07) is 7.55. The number of methoxy groups -OCH3 is 1. The molecule has 0 aromatic heterocycles. The zero-order valence-corrected chi connectivity index (χ0v) is 13.1. The van der Waals surface area contributed by atoms with Crippen LogP contribution in [0.4, 0.5) is 0 Å². The number of carbonyl (C=O) groups excluding carboxylic acids is 1. The van der Waals surface area contributed by atoms with Crippen molar-refractivity contribution >= 4 is 21.9 Å². The first-order valence-electron chi connectivity index (χ1n) is 6.85. The van der Waals surface area contributed by atoms with Gasteiger partial charge in [-0.25, -0.2) is 0 Å². The van der Waals surface area contributed by atoms with Crippen LogP contribution in [0.15, 0.2) is 28.7 Å². The first kappa shape index (κ1) is 15.5. The average molecular weight is 342 g/mol. The molecule has 0 spiro atoms. The molecule has 1 fully saturated rings. The molecule has 0 bridgehead atoms. The zero-order chi connectivity index (χ0) is 14.6. The molecule has 1 unspecified atom stereocenters. The Labute approximate surface area is 127 Å². The van der Waals surface area contributed by atoms with Gasteiger partial charge in [-0.3, -0.25) is 10.1 Å². The van der Waals surface area contributed by atoms with Gasteiger partial charge in [-0.1, -0.05) is 47.0 Å². The van der Waals surface area contributed by atoms with Crippen molar-refractivity contribution < 1.29 is 14.6 Å². The van der Waals surface area contributed by atoms with Crippen molar-refractivity contribution in [1.82, 2.24) is 5.32 Å². The summed E-state index contributed by atoms with van der Waals surface area (Å²) in [5.41, 5.74) is 0.190. The predicted molar refractivity (Wildman–Crippen MR) is 80.3 cm³/mol. The minimum absolute atomic E-state index is 0.227. The lowest BCUT2D eigenvalue weighted by Gasteiger charge is -2.28. The minimum Gasteiger partial charge on any atom is -0.468 e. The van der Waals surface area contributed by atoms with Gasteiger partial charge < -0.3 is 9.84 Å². The van der Waals surface area contributed by atoms with Gasteiger partial charge in [0.05, 0.1) is 13.2 Å². The Hall–Kier alpha value is -0.910. The van der Waals surface area contributed by atoms with E-state index in [1.54, 1.807) is 0 Å². The van der Waals surface area contributed by atoms with Gasteiger partial charge in [-0.15, -0.1) is 0 Å². The van der Waals surface area contributed by atoms with Crippen LogP contribution in [0.3, 0.4) is 0 Å². The minimum atomic E-state index is -0.660. The van der Waals surface area contributed by atoms with Gasteiger partial charge in [-0.05, 0) is 24.5 Å². The Bertz CT molecular complexity index is 472. The molecule has 0 saturated heterocycles. The van der Waals surface area contributed by atoms with Crippen LogP contribution in [-0.4, -0.2) is 30.3 Å². The third-order valence-electron chi connectivity index (χ3n) is 3.93. The molecule has 0 amide bonds. The SMILES string of the molecule is COC(=O)C1(NCC(O)c2ccccc2Br)CCCC1. The summed E-state index contributed by atoms with van der Waals surface area (Å²) in [4.78, 5) is 12.0. The number of carbonyl (C=O) groups is 1. The summed E-state index contributed by atoms with van der Waals surface area (Å²) in [6.45, 7) is 0.331. The van der Waals surface area contributed by atoms with Gasteiger partial charge >= 0.3 is 5.97 Å². The van der Waals surface area contributed by atoms with Crippen LogP contribution in [0, 0.1) is 0 Å². The van der Waals surface area contributed by atoms with Gasteiger partial charge in [0.15, 0.2) is 0 Å². The van der Waals surface area contributed by atoms with E-state index in [0.29, 0.717) is 6.54 Å². The smallest absolute Gasteiger partial charge is 0.326 e. The highest BCUT2D eigenvalue weighted by Gasteiger charge is 2.42. The van der Waals surface area contributed by atoms with Gasteiger partial charge in [0.1, 0.15) is 5.54 Å². The van der Waals surface area contributed by atoms with Crippen molar-refractivity contribution in [1.29, 1.82) is 0 Å². The number of aliphatic hydroxyl groups excluding tert-OH is 1. The number of benzene rings is 1. The van der Waals surface area contributed by atoms with E-state index in [9.17, 15) is 9.90 Å². The zero-order valence-electron chi connectivity index (χ0n) is 11.6. The van der Waals surface area contributed by atoms with Crippen molar-refractivity contribution in [3.8, 4) is 0 Å². The predicted octanol–water partition coefficient (Wildman–Crippen LogP) is 2.56. The number of halogens is 1. The Morgan fingerprint density at radius 1 is 1.45 bits per heavy atom. The second-order valence-electron chi connectivity index (χ2n) is 5.20. The van der Waals surface area contributed by atoms with Crippen LogP contribution in [0.1, 0.15) is 37.4 Å². The number of β-amino-alcohol motifs (C(OH)–C–C–N with tert-alkyl or cyclic N) is 1. The molecule has 110 valence electrons. The average Bonchev–Trinajstić information content (AvgIpc) is 2.94. The molecule has 2 N–H and O–H groups in total. The summed E-state index contributed by atoms with van der Waals surface area (Å²) in [5.74, 6) is -0.227. The lowest BCUT2D eigenvalue weighted by Crippen LogP contribution is -2.51. The monoisotopic (exact) mass is 341 g/mol. The lowest BCUT2D eigenvalue weighted by atomic mass is 9.97. The maximum Gasteiger partial charge on any atom is 0.326 e. The van der Waals surface area contributed by atoms with E-state index in [-0.39, 0.29) is 5.97 Å². The number of hydrogen-bond donors (Lipinski definition) is 2. The molecule has 1 saturated carbocycles. The van der Waals surface area contributed by atoms with Crippen LogP contribution in [0.5, 0.6) is 0 Å². The van der Waals surface area contributed by atoms with E-state index in [1.807, 2.05) is 24.3 Å². The summed E-state index contributed by atoms with van der Waals surface area (Å²) >= 11 is 3.43. The van der Waals surface area contributed by atoms with Crippen LogP contribution < -0.4 is 5.32 Å². The molecule has 5 heteroatoms. The van der Waals surface area contributed by atoms with Crippen molar-refractivity contribution in [3.63, 3.8) is 0 Å². The molecule has 1 aromatic rings. The van der Waals surface area contributed by atoms with E-state index in [2.05, 4.69) is 21.2 Å². The Balaban J connectivity index is 2.03.